The summed E-state index contributed by atoms with van der Waals surface area (Å²) in [5.41, 5.74) is 7.10. The van der Waals surface area contributed by atoms with Crippen LogP contribution in [0.3, 0.4) is 0 Å². The molecule has 0 aliphatic heterocycles. The largest absolute Gasteiger partial charge is 0.491 e. The second-order valence-electron chi connectivity index (χ2n) is 10.1. The lowest BCUT2D eigenvalue weighted by Gasteiger charge is -2.23. The number of aliphatic carboxylic acids is 1. The predicted molar refractivity (Wildman–Crippen MR) is 145 cm³/mol. The quantitative estimate of drug-likeness (QED) is 0.291. The van der Waals surface area contributed by atoms with Crippen molar-refractivity contribution in [3.8, 4) is 5.75 Å². The number of carbonyl (C=O) groups excluding carboxylic acids is 2. The van der Waals surface area contributed by atoms with Gasteiger partial charge < -0.3 is 26.2 Å². The van der Waals surface area contributed by atoms with Crippen molar-refractivity contribution in [3.05, 3.63) is 64.7 Å². The first-order chi connectivity index (χ1) is 17.5. The molecule has 0 fully saturated rings. The van der Waals surface area contributed by atoms with Crippen molar-refractivity contribution in [1.29, 1.82) is 0 Å². The number of halogens is 1. The van der Waals surface area contributed by atoms with Crippen LogP contribution in [0.5, 0.6) is 5.75 Å². The molecule has 37 heavy (non-hydrogen) atoms. The number of ether oxygens (including phenoxy) is 1. The molecule has 0 saturated carbocycles. The fourth-order valence-electron chi connectivity index (χ4n) is 3.94. The third-order valence-electron chi connectivity index (χ3n) is 5.64. The summed E-state index contributed by atoms with van der Waals surface area (Å²) in [4.78, 5) is 38.3. The van der Waals surface area contributed by atoms with Crippen LogP contribution in [-0.4, -0.2) is 47.6 Å². The summed E-state index contributed by atoms with van der Waals surface area (Å²) in [5.74, 6) is -1.54. The van der Waals surface area contributed by atoms with Crippen molar-refractivity contribution in [2.45, 2.75) is 65.1 Å². The summed E-state index contributed by atoms with van der Waals surface area (Å²) in [7, 11) is 0. The second kappa shape index (κ2) is 14.6. The van der Waals surface area contributed by atoms with Gasteiger partial charge in [-0.15, -0.1) is 0 Å². The Morgan fingerprint density at radius 2 is 1.59 bits per heavy atom. The molecule has 0 aliphatic rings. The molecule has 202 valence electrons. The van der Waals surface area contributed by atoms with Gasteiger partial charge in [0.25, 0.3) is 5.91 Å². The van der Waals surface area contributed by atoms with Crippen LogP contribution in [0.4, 0.5) is 0 Å². The first kappa shape index (κ1) is 30.1. The average Bonchev–Trinajstić information content (AvgIpc) is 2.82. The molecule has 5 N–H and O–H groups in total. The third-order valence-corrected chi connectivity index (χ3v) is 5.87. The number of carbonyl (C=O) groups is 3. The molecule has 2 rings (SSSR count). The van der Waals surface area contributed by atoms with Crippen LogP contribution in [0.2, 0.25) is 5.02 Å². The zero-order chi connectivity index (χ0) is 27.5. The number of amides is 2. The zero-order valence-electron chi connectivity index (χ0n) is 21.9. The lowest BCUT2D eigenvalue weighted by molar-refractivity contribution is -0.142. The topological polar surface area (TPSA) is 131 Å². The number of nitrogens with one attached hydrogen (secondary N) is 2. The van der Waals surface area contributed by atoms with Crippen LogP contribution in [-0.2, 0) is 16.0 Å². The minimum Gasteiger partial charge on any atom is -0.491 e. The lowest BCUT2D eigenvalue weighted by Crippen LogP contribution is -2.52. The number of carboxylic acid groups (broad SMARTS) is 1. The van der Waals surface area contributed by atoms with Crippen LogP contribution in [0.1, 0.15) is 56.5 Å². The molecule has 0 radical (unpaired) electrons. The monoisotopic (exact) mass is 531 g/mol. The molecule has 0 bridgehead atoms. The Bertz CT molecular complexity index is 1050. The number of benzene rings is 2. The van der Waals surface area contributed by atoms with Gasteiger partial charge in [-0.25, -0.2) is 4.79 Å². The normalized spacial score (nSPS) is 13.6. The highest BCUT2D eigenvalue weighted by atomic mass is 35.5. The fourth-order valence-corrected chi connectivity index (χ4v) is 4.11. The Morgan fingerprint density at radius 1 is 0.946 bits per heavy atom. The molecular weight excluding hydrogens is 494 g/mol. The smallest absolute Gasteiger partial charge is 0.326 e. The van der Waals surface area contributed by atoms with Gasteiger partial charge >= 0.3 is 5.97 Å². The van der Waals surface area contributed by atoms with E-state index in [1.54, 1.807) is 12.1 Å². The van der Waals surface area contributed by atoms with Crippen LogP contribution in [0.15, 0.2) is 48.5 Å². The first-order valence-electron chi connectivity index (χ1n) is 12.5. The van der Waals surface area contributed by atoms with Gasteiger partial charge in [-0.05, 0) is 48.4 Å². The number of rotatable bonds is 14. The molecule has 2 amide bonds. The Kier molecular flexibility index (Phi) is 11.9. The molecule has 0 aromatic heterocycles. The molecule has 0 aliphatic carbocycles. The van der Waals surface area contributed by atoms with E-state index in [4.69, 9.17) is 22.1 Å². The summed E-state index contributed by atoms with van der Waals surface area (Å²) < 4.78 is 5.85. The minimum atomic E-state index is -1.13. The number of carboxylic acids is 1. The molecule has 2 aromatic rings. The number of nitrogens with two attached hydrogens (primary N) is 1. The molecule has 0 spiro atoms. The van der Waals surface area contributed by atoms with Gasteiger partial charge in [0.1, 0.15) is 24.4 Å². The molecule has 8 nitrogen and oxygen atoms in total. The van der Waals surface area contributed by atoms with Gasteiger partial charge in [-0.3, -0.25) is 9.59 Å². The Balaban J connectivity index is 2.27. The first-order valence-corrected chi connectivity index (χ1v) is 12.9. The third kappa shape index (κ3) is 10.4. The van der Waals surface area contributed by atoms with Crippen molar-refractivity contribution in [2.75, 3.05) is 6.61 Å². The highest BCUT2D eigenvalue weighted by molar-refractivity contribution is 6.31. The van der Waals surface area contributed by atoms with E-state index >= 15 is 0 Å². The van der Waals surface area contributed by atoms with Crippen molar-refractivity contribution in [3.63, 3.8) is 0 Å². The van der Waals surface area contributed by atoms with E-state index < -0.39 is 29.9 Å². The molecular formula is C28H38ClN3O5. The minimum absolute atomic E-state index is 0.0526. The summed E-state index contributed by atoms with van der Waals surface area (Å²) in [6.07, 6.45) is 1.19. The van der Waals surface area contributed by atoms with E-state index in [1.807, 2.05) is 44.2 Å². The second-order valence-corrected chi connectivity index (χ2v) is 10.5. The highest BCUT2D eigenvalue weighted by Gasteiger charge is 2.28. The van der Waals surface area contributed by atoms with Crippen molar-refractivity contribution in [2.24, 2.45) is 17.6 Å². The lowest BCUT2D eigenvalue weighted by atomic mass is 10.0. The van der Waals surface area contributed by atoms with Crippen molar-refractivity contribution < 1.29 is 24.2 Å². The molecule has 9 heteroatoms. The Hall–Kier alpha value is -3.10. The molecule has 2 aromatic carbocycles. The molecule has 0 unspecified atom stereocenters. The van der Waals surface area contributed by atoms with E-state index in [1.165, 1.54) is 6.07 Å². The van der Waals surface area contributed by atoms with E-state index in [9.17, 15) is 19.5 Å². The average molecular weight is 532 g/mol. The summed E-state index contributed by atoms with van der Waals surface area (Å²) in [6.45, 7) is 8.09. The van der Waals surface area contributed by atoms with Gasteiger partial charge in [0.05, 0.1) is 5.56 Å². The number of hydrogen-bond acceptors (Lipinski definition) is 5. The number of hydrogen-bond donors (Lipinski definition) is 4. The molecule has 3 atom stereocenters. The van der Waals surface area contributed by atoms with Crippen LogP contribution < -0.4 is 21.1 Å². The van der Waals surface area contributed by atoms with Gasteiger partial charge in [-0.2, -0.15) is 0 Å². The summed E-state index contributed by atoms with van der Waals surface area (Å²) in [6, 6.07) is 11.5. The SMILES string of the molecule is CC(C)C[C@@H](N)COc1ccc(Cl)cc1C(=O)N[C@@H](Cc1ccccc1)C(=O)N[C@@H](CC(C)C)C(=O)O. The highest BCUT2D eigenvalue weighted by Crippen LogP contribution is 2.24. The standard InChI is InChI=1S/C28H38ClN3O5/c1-17(2)12-21(30)16-37-25-11-10-20(29)15-22(25)26(33)31-23(14-19-8-6-5-7-9-19)27(34)32-24(28(35)36)13-18(3)4/h5-11,15,17-18,21,23-24H,12-14,16,30H2,1-4H3,(H,31,33)(H,32,34)(H,35,36)/t21-,23+,24+/m1/s1. The fraction of sp³-hybridized carbons (Fsp3) is 0.464. The van der Waals surface area contributed by atoms with Crippen LogP contribution >= 0.6 is 11.6 Å². The van der Waals surface area contributed by atoms with Gasteiger partial charge in [0.15, 0.2) is 0 Å². The van der Waals surface area contributed by atoms with E-state index in [2.05, 4.69) is 24.5 Å². The maximum absolute atomic E-state index is 13.4. The Labute approximate surface area is 223 Å². The van der Waals surface area contributed by atoms with Gasteiger partial charge in [-0.1, -0.05) is 69.6 Å². The zero-order valence-corrected chi connectivity index (χ0v) is 22.6. The van der Waals surface area contributed by atoms with E-state index in [0.717, 1.165) is 12.0 Å². The van der Waals surface area contributed by atoms with Gasteiger partial charge in [0, 0.05) is 17.5 Å². The van der Waals surface area contributed by atoms with E-state index in [-0.39, 0.29) is 37.0 Å². The predicted octanol–water partition coefficient (Wildman–Crippen LogP) is 4.05. The van der Waals surface area contributed by atoms with Crippen molar-refractivity contribution >= 4 is 29.4 Å². The van der Waals surface area contributed by atoms with E-state index in [0.29, 0.717) is 16.7 Å². The van der Waals surface area contributed by atoms with Gasteiger partial charge in [0.2, 0.25) is 5.91 Å². The molecule has 0 saturated heterocycles. The van der Waals surface area contributed by atoms with Crippen LogP contribution in [0, 0.1) is 11.8 Å². The van der Waals surface area contributed by atoms with Crippen molar-refractivity contribution in [1.82, 2.24) is 10.6 Å². The van der Waals surface area contributed by atoms with Crippen LogP contribution in [0.25, 0.3) is 0 Å². The maximum atomic E-state index is 13.4. The Morgan fingerprint density at radius 3 is 2.19 bits per heavy atom. The summed E-state index contributed by atoms with van der Waals surface area (Å²) >= 11 is 6.17. The summed E-state index contributed by atoms with van der Waals surface area (Å²) in [5, 5.41) is 15.2. The molecule has 0 heterocycles. The maximum Gasteiger partial charge on any atom is 0.326 e.